The van der Waals surface area contributed by atoms with Crippen LogP contribution in [0.1, 0.15) is 19.8 Å². The lowest BCUT2D eigenvalue weighted by Gasteiger charge is -2.35. The van der Waals surface area contributed by atoms with Gasteiger partial charge in [0.15, 0.2) is 0 Å². The SMILES string of the molecule is CC1(CI)C2CCC1(CI)C(=O)C2=O. The van der Waals surface area contributed by atoms with E-state index < -0.39 is 0 Å². The van der Waals surface area contributed by atoms with Crippen molar-refractivity contribution >= 4 is 56.7 Å². The Kier molecular flexibility index (Phi) is 2.74. The normalized spacial score (nSPS) is 46.4. The number of hydrogen-bond acceptors (Lipinski definition) is 2. The van der Waals surface area contributed by atoms with E-state index in [0.29, 0.717) is 0 Å². The van der Waals surface area contributed by atoms with E-state index in [-0.39, 0.29) is 28.3 Å². The molecular weight excluding hydrogens is 406 g/mol. The number of hydrogen-bond donors (Lipinski definition) is 0. The van der Waals surface area contributed by atoms with Crippen LogP contribution in [-0.2, 0) is 9.59 Å². The first-order valence-electron chi connectivity index (χ1n) is 4.74. The summed E-state index contributed by atoms with van der Waals surface area (Å²) in [4.78, 5) is 23.7. The number of halogens is 2. The van der Waals surface area contributed by atoms with Crippen molar-refractivity contribution in [3.05, 3.63) is 0 Å². The number of fused-ring (bicyclic) bond motifs is 2. The van der Waals surface area contributed by atoms with E-state index in [1.165, 1.54) is 0 Å². The second-order valence-corrected chi connectivity index (χ2v) is 6.08. The first-order chi connectivity index (χ1) is 6.53. The van der Waals surface area contributed by atoms with Crippen LogP contribution in [0.4, 0.5) is 0 Å². The molecule has 0 aromatic rings. The van der Waals surface area contributed by atoms with E-state index in [9.17, 15) is 9.59 Å². The smallest absolute Gasteiger partial charge is 0.206 e. The molecule has 3 unspecified atom stereocenters. The molecule has 78 valence electrons. The average molecular weight is 418 g/mol. The summed E-state index contributed by atoms with van der Waals surface area (Å²) in [6.45, 7) is 2.12. The Hall–Kier alpha value is 0.800. The average Bonchev–Trinajstić information content (AvgIpc) is 2.57. The number of Topliss-reactive ketones (excluding diaryl/α,β-unsaturated/α-hetero) is 2. The van der Waals surface area contributed by atoms with Crippen molar-refractivity contribution < 1.29 is 9.59 Å². The van der Waals surface area contributed by atoms with Gasteiger partial charge in [0.05, 0.1) is 5.41 Å². The van der Waals surface area contributed by atoms with Crippen LogP contribution in [0.5, 0.6) is 0 Å². The van der Waals surface area contributed by atoms with Crippen LogP contribution < -0.4 is 0 Å². The summed E-state index contributed by atoms with van der Waals surface area (Å²) in [5, 5.41) is 0. The highest BCUT2D eigenvalue weighted by Gasteiger charge is 2.69. The van der Waals surface area contributed by atoms with Crippen molar-refractivity contribution in [1.82, 2.24) is 0 Å². The maximum atomic E-state index is 11.9. The molecule has 0 aliphatic heterocycles. The Morgan fingerprint density at radius 2 is 2.00 bits per heavy atom. The summed E-state index contributed by atoms with van der Waals surface area (Å²) in [6.07, 6.45) is 1.84. The molecule has 2 aliphatic rings. The fourth-order valence-electron chi connectivity index (χ4n) is 3.02. The van der Waals surface area contributed by atoms with Crippen LogP contribution in [0.2, 0.25) is 0 Å². The molecule has 4 heteroatoms. The molecule has 2 nitrogen and oxygen atoms in total. The minimum atomic E-state index is -0.323. The summed E-state index contributed by atoms with van der Waals surface area (Å²) < 4.78 is 1.71. The van der Waals surface area contributed by atoms with E-state index in [2.05, 4.69) is 52.1 Å². The molecule has 2 bridgehead atoms. The Morgan fingerprint density at radius 1 is 1.36 bits per heavy atom. The van der Waals surface area contributed by atoms with Gasteiger partial charge in [0.2, 0.25) is 11.6 Å². The summed E-state index contributed by atoms with van der Waals surface area (Å²) in [5.41, 5.74) is -0.389. The van der Waals surface area contributed by atoms with Gasteiger partial charge >= 0.3 is 0 Å². The molecule has 3 atom stereocenters. The third-order valence-electron chi connectivity index (χ3n) is 4.20. The number of rotatable bonds is 2. The molecule has 2 fully saturated rings. The van der Waals surface area contributed by atoms with Crippen LogP contribution in [0.3, 0.4) is 0 Å². The van der Waals surface area contributed by atoms with Crippen molar-refractivity contribution in [2.24, 2.45) is 16.7 Å². The highest BCUT2D eigenvalue weighted by atomic mass is 127. The summed E-state index contributed by atoms with van der Waals surface area (Å²) >= 11 is 4.59. The molecule has 0 aromatic heterocycles. The third kappa shape index (κ3) is 1.02. The lowest BCUT2D eigenvalue weighted by molar-refractivity contribution is -0.140. The van der Waals surface area contributed by atoms with Crippen molar-refractivity contribution in [3.63, 3.8) is 0 Å². The van der Waals surface area contributed by atoms with Crippen molar-refractivity contribution in [1.29, 1.82) is 0 Å². The first kappa shape index (κ1) is 11.3. The van der Waals surface area contributed by atoms with E-state index >= 15 is 0 Å². The van der Waals surface area contributed by atoms with Gasteiger partial charge < -0.3 is 0 Å². The molecule has 2 rings (SSSR count). The second kappa shape index (κ2) is 3.40. The van der Waals surface area contributed by atoms with Gasteiger partial charge in [-0.05, 0) is 12.8 Å². The fraction of sp³-hybridized carbons (Fsp3) is 0.800. The second-order valence-electron chi connectivity index (χ2n) is 4.55. The molecule has 0 amide bonds. The monoisotopic (exact) mass is 418 g/mol. The van der Waals surface area contributed by atoms with Crippen LogP contribution in [0.25, 0.3) is 0 Å². The molecule has 2 aliphatic carbocycles. The summed E-state index contributed by atoms with van der Waals surface area (Å²) in [7, 11) is 0. The van der Waals surface area contributed by atoms with Gasteiger partial charge in [-0.2, -0.15) is 0 Å². The molecular formula is C10H12I2O2. The standard InChI is InChI=1S/C10H12I2O2/c1-9(4-11)6-2-3-10(9,5-12)8(14)7(6)13/h6H,2-5H2,1H3. The number of carbonyl (C=O) groups is 2. The van der Waals surface area contributed by atoms with Gasteiger partial charge in [0.1, 0.15) is 0 Å². The van der Waals surface area contributed by atoms with Crippen LogP contribution in [0.15, 0.2) is 0 Å². The molecule has 0 aromatic carbocycles. The largest absolute Gasteiger partial charge is 0.291 e. The minimum Gasteiger partial charge on any atom is -0.291 e. The summed E-state index contributed by atoms with van der Waals surface area (Å²) in [6, 6.07) is 0. The lowest BCUT2D eigenvalue weighted by atomic mass is 9.70. The van der Waals surface area contributed by atoms with Gasteiger partial charge in [-0.3, -0.25) is 9.59 Å². The van der Waals surface area contributed by atoms with Gasteiger partial charge in [-0.25, -0.2) is 0 Å². The van der Waals surface area contributed by atoms with Crippen molar-refractivity contribution in [2.75, 3.05) is 8.86 Å². The van der Waals surface area contributed by atoms with Gasteiger partial charge in [0, 0.05) is 20.2 Å². The van der Waals surface area contributed by atoms with Crippen LogP contribution >= 0.6 is 45.2 Å². The van der Waals surface area contributed by atoms with E-state index in [1.54, 1.807) is 0 Å². The molecule has 0 saturated heterocycles. The quantitative estimate of drug-likeness (QED) is 0.393. The number of alkyl halides is 2. The van der Waals surface area contributed by atoms with E-state index in [0.717, 1.165) is 21.7 Å². The maximum Gasteiger partial charge on any atom is 0.206 e. The van der Waals surface area contributed by atoms with Gasteiger partial charge in [0.25, 0.3) is 0 Å². The predicted octanol–water partition coefficient (Wildman–Crippen LogP) is 2.41. The molecule has 0 radical (unpaired) electrons. The number of carbonyl (C=O) groups excluding carboxylic acids is 2. The molecule has 0 spiro atoms. The molecule has 0 N–H and O–H groups in total. The highest BCUT2D eigenvalue weighted by Crippen LogP contribution is 2.63. The third-order valence-corrected chi connectivity index (χ3v) is 7.09. The highest BCUT2D eigenvalue weighted by molar-refractivity contribution is 14.1. The maximum absolute atomic E-state index is 11.9. The molecule has 2 saturated carbocycles. The van der Waals surface area contributed by atoms with Crippen LogP contribution in [0, 0.1) is 16.7 Å². The van der Waals surface area contributed by atoms with Crippen LogP contribution in [-0.4, -0.2) is 20.4 Å². The minimum absolute atomic E-state index is 0.0154. The predicted molar refractivity (Wildman–Crippen MR) is 71.1 cm³/mol. The van der Waals surface area contributed by atoms with E-state index in [4.69, 9.17) is 0 Å². The lowest BCUT2D eigenvalue weighted by Crippen LogP contribution is -2.41. The van der Waals surface area contributed by atoms with Gasteiger partial charge in [-0.1, -0.05) is 52.1 Å². The van der Waals surface area contributed by atoms with E-state index in [1.807, 2.05) is 0 Å². The Balaban J connectivity index is 2.55. The van der Waals surface area contributed by atoms with Crippen molar-refractivity contribution in [2.45, 2.75) is 19.8 Å². The zero-order valence-electron chi connectivity index (χ0n) is 7.98. The topological polar surface area (TPSA) is 34.1 Å². The number of ketones is 2. The first-order valence-corrected chi connectivity index (χ1v) is 7.79. The Bertz CT molecular complexity index is 315. The zero-order chi connectivity index (χ0) is 10.6. The summed E-state index contributed by atoms with van der Waals surface area (Å²) in [5.74, 6) is -0.156. The molecule has 14 heavy (non-hydrogen) atoms. The Morgan fingerprint density at radius 3 is 2.43 bits per heavy atom. The molecule has 0 heterocycles. The fourth-order valence-corrected chi connectivity index (χ4v) is 5.88. The zero-order valence-corrected chi connectivity index (χ0v) is 12.3. The Labute approximate surface area is 111 Å². The van der Waals surface area contributed by atoms with Gasteiger partial charge in [-0.15, -0.1) is 0 Å². The van der Waals surface area contributed by atoms with Crippen molar-refractivity contribution in [3.8, 4) is 0 Å².